The fraction of sp³-hybridized carbons (Fsp3) is 0.182. The minimum absolute atomic E-state index is 0. The summed E-state index contributed by atoms with van der Waals surface area (Å²) in [5, 5.41) is 2.95. The molecule has 0 aromatic heterocycles. The normalized spacial score (nSPS) is 18.3. The van der Waals surface area contributed by atoms with Crippen molar-refractivity contribution in [1.29, 1.82) is 0 Å². The van der Waals surface area contributed by atoms with Crippen LogP contribution in [0.25, 0.3) is 0 Å². The van der Waals surface area contributed by atoms with E-state index in [2.05, 4.69) is 10.3 Å². The maximum absolute atomic E-state index is 11.7. The van der Waals surface area contributed by atoms with Gasteiger partial charge in [0.05, 0.1) is 0 Å². The third kappa shape index (κ3) is 3.31. The summed E-state index contributed by atoms with van der Waals surface area (Å²) in [4.78, 5) is 26.9. The fourth-order valence-electron chi connectivity index (χ4n) is 1.25. The fourth-order valence-corrected chi connectivity index (χ4v) is 2.02. The zero-order chi connectivity index (χ0) is 11.5. The molecule has 4 nitrogen and oxygen atoms in total. The van der Waals surface area contributed by atoms with Gasteiger partial charge in [0.1, 0.15) is 6.04 Å². The number of halogens is 1. The highest BCUT2D eigenvalue weighted by atomic mass is 35.5. The van der Waals surface area contributed by atoms with Crippen LogP contribution in [0.4, 0.5) is 0 Å². The van der Waals surface area contributed by atoms with Crippen LogP contribution in [0.5, 0.6) is 0 Å². The van der Waals surface area contributed by atoms with E-state index in [9.17, 15) is 9.59 Å². The lowest BCUT2D eigenvalue weighted by molar-refractivity contribution is -0.111. The van der Waals surface area contributed by atoms with Crippen molar-refractivity contribution in [1.82, 2.24) is 5.32 Å². The molecule has 0 saturated heterocycles. The monoisotopic (exact) mass is 270 g/mol. The Morgan fingerprint density at radius 2 is 2.00 bits per heavy atom. The van der Waals surface area contributed by atoms with Crippen LogP contribution in [0.3, 0.4) is 0 Å². The van der Waals surface area contributed by atoms with E-state index < -0.39 is 0 Å². The van der Waals surface area contributed by atoms with E-state index in [1.54, 1.807) is 31.2 Å². The molecule has 1 aliphatic rings. The first-order chi connectivity index (χ1) is 7.66. The number of amidine groups is 1. The average molecular weight is 271 g/mol. The Kier molecular flexibility index (Phi) is 4.72. The number of carbonyl (C=O) groups excluding carboxylic acids is 2. The Morgan fingerprint density at radius 1 is 1.35 bits per heavy atom. The van der Waals surface area contributed by atoms with Crippen molar-refractivity contribution in [2.24, 2.45) is 4.99 Å². The van der Waals surface area contributed by atoms with Crippen molar-refractivity contribution >= 4 is 40.4 Å². The smallest absolute Gasteiger partial charge is 0.257 e. The maximum atomic E-state index is 11.7. The van der Waals surface area contributed by atoms with Crippen LogP contribution in [0.2, 0.25) is 0 Å². The molecule has 90 valence electrons. The molecule has 6 heteroatoms. The molecule has 2 rings (SSSR count). The summed E-state index contributed by atoms with van der Waals surface area (Å²) in [6.07, 6.45) is 0. The SMILES string of the molecule is CC1N=C(NC(=O)c2ccccc2)SC1=O.Cl. The van der Waals surface area contributed by atoms with Crippen LogP contribution in [-0.2, 0) is 4.79 Å². The number of rotatable bonds is 1. The topological polar surface area (TPSA) is 58.5 Å². The molecule has 0 fully saturated rings. The average Bonchev–Trinajstić information content (AvgIpc) is 2.59. The van der Waals surface area contributed by atoms with Crippen LogP contribution < -0.4 is 5.32 Å². The Hall–Kier alpha value is -1.33. The summed E-state index contributed by atoms with van der Waals surface area (Å²) < 4.78 is 0. The van der Waals surface area contributed by atoms with Gasteiger partial charge in [-0.05, 0) is 30.8 Å². The minimum Gasteiger partial charge on any atom is -0.301 e. The van der Waals surface area contributed by atoms with E-state index in [4.69, 9.17) is 0 Å². The molecule has 1 amide bonds. The summed E-state index contributed by atoms with van der Waals surface area (Å²) in [5.74, 6) is -0.242. The lowest BCUT2D eigenvalue weighted by Gasteiger charge is -2.02. The molecule has 0 spiro atoms. The minimum atomic E-state index is -0.365. The maximum Gasteiger partial charge on any atom is 0.257 e. The second-order valence-corrected chi connectivity index (χ2v) is 4.34. The zero-order valence-electron chi connectivity index (χ0n) is 9.04. The second-order valence-electron chi connectivity index (χ2n) is 3.35. The zero-order valence-corrected chi connectivity index (χ0v) is 10.7. The van der Waals surface area contributed by atoms with Crippen LogP contribution in [0.1, 0.15) is 17.3 Å². The summed E-state index contributed by atoms with van der Waals surface area (Å²) in [7, 11) is 0. The highest BCUT2D eigenvalue weighted by Crippen LogP contribution is 2.18. The second kappa shape index (κ2) is 5.84. The Balaban J connectivity index is 0.00000144. The highest BCUT2D eigenvalue weighted by molar-refractivity contribution is 8.26. The van der Waals surface area contributed by atoms with Gasteiger partial charge >= 0.3 is 0 Å². The molecule has 17 heavy (non-hydrogen) atoms. The van der Waals surface area contributed by atoms with Crippen LogP contribution >= 0.6 is 24.2 Å². The third-order valence-corrected chi connectivity index (χ3v) is 3.05. The quantitative estimate of drug-likeness (QED) is 0.847. The first kappa shape index (κ1) is 13.7. The van der Waals surface area contributed by atoms with Gasteiger partial charge in [-0.15, -0.1) is 12.4 Å². The standard InChI is InChI=1S/C11H10N2O2S.ClH/c1-7-10(15)16-11(12-7)13-9(14)8-5-3-2-4-6-8;/h2-7H,1H3,(H,12,13,14);1H. The number of benzene rings is 1. The number of carbonyl (C=O) groups is 2. The largest absolute Gasteiger partial charge is 0.301 e. The summed E-state index contributed by atoms with van der Waals surface area (Å²) in [6.45, 7) is 1.71. The van der Waals surface area contributed by atoms with Gasteiger partial charge in [-0.1, -0.05) is 18.2 Å². The van der Waals surface area contributed by atoms with E-state index in [-0.39, 0.29) is 29.5 Å². The number of hydrogen-bond acceptors (Lipinski definition) is 4. The molecular weight excluding hydrogens is 260 g/mol. The highest BCUT2D eigenvalue weighted by Gasteiger charge is 2.25. The first-order valence-electron chi connectivity index (χ1n) is 4.83. The number of aliphatic imine (C=N–C) groups is 1. The molecule has 1 atom stereocenters. The number of hydrogen-bond donors (Lipinski definition) is 1. The van der Waals surface area contributed by atoms with Crippen molar-refractivity contribution in [2.75, 3.05) is 0 Å². The molecular formula is C11H11ClN2O2S. The lowest BCUT2D eigenvalue weighted by atomic mass is 10.2. The van der Waals surface area contributed by atoms with E-state index in [1.807, 2.05) is 6.07 Å². The molecule has 0 bridgehead atoms. The van der Waals surface area contributed by atoms with Crippen LogP contribution in [0.15, 0.2) is 35.3 Å². The molecule has 0 saturated carbocycles. The van der Waals surface area contributed by atoms with E-state index in [1.165, 1.54) is 0 Å². The van der Waals surface area contributed by atoms with Gasteiger partial charge in [0.15, 0.2) is 5.17 Å². The summed E-state index contributed by atoms with van der Waals surface area (Å²) in [5.41, 5.74) is 0.554. The number of nitrogens with one attached hydrogen (secondary N) is 1. The number of amides is 1. The van der Waals surface area contributed by atoms with Crippen LogP contribution in [-0.4, -0.2) is 22.2 Å². The molecule has 1 aromatic rings. The summed E-state index contributed by atoms with van der Waals surface area (Å²) in [6, 6.07) is 8.46. The van der Waals surface area contributed by atoms with Gasteiger partial charge < -0.3 is 5.32 Å². The molecule has 0 aliphatic carbocycles. The predicted molar refractivity (Wildman–Crippen MR) is 70.7 cm³/mol. The van der Waals surface area contributed by atoms with Crippen molar-refractivity contribution in [3.63, 3.8) is 0 Å². The number of thioether (sulfide) groups is 1. The van der Waals surface area contributed by atoms with Crippen molar-refractivity contribution in [3.05, 3.63) is 35.9 Å². The van der Waals surface area contributed by atoms with Gasteiger partial charge in [-0.2, -0.15) is 0 Å². The van der Waals surface area contributed by atoms with E-state index in [0.717, 1.165) is 11.8 Å². The van der Waals surface area contributed by atoms with Crippen molar-refractivity contribution < 1.29 is 9.59 Å². The summed E-state index contributed by atoms with van der Waals surface area (Å²) >= 11 is 0.976. The Labute approximate surface area is 109 Å². The third-order valence-electron chi connectivity index (χ3n) is 2.11. The van der Waals surface area contributed by atoms with Gasteiger partial charge in [-0.3, -0.25) is 9.59 Å². The van der Waals surface area contributed by atoms with Gasteiger partial charge in [0.25, 0.3) is 5.91 Å². The van der Waals surface area contributed by atoms with Crippen LogP contribution in [0, 0.1) is 0 Å². The van der Waals surface area contributed by atoms with Crippen molar-refractivity contribution in [3.8, 4) is 0 Å². The molecule has 0 radical (unpaired) electrons. The lowest BCUT2D eigenvalue weighted by Crippen LogP contribution is -2.27. The van der Waals surface area contributed by atoms with E-state index in [0.29, 0.717) is 10.7 Å². The molecule has 1 aromatic carbocycles. The molecule has 1 N–H and O–H groups in total. The number of nitrogens with zero attached hydrogens (tertiary/aromatic N) is 1. The Bertz CT molecular complexity index is 462. The van der Waals surface area contributed by atoms with Gasteiger partial charge in [0.2, 0.25) is 5.12 Å². The van der Waals surface area contributed by atoms with Crippen molar-refractivity contribution in [2.45, 2.75) is 13.0 Å². The molecule has 1 heterocycles. The Morgan fingerprint density at radius 3 is 2.53 bits per heavy atom. The van der Waals surface area contributed by atoms with Gasteiger partial charge in [-0.25, -0.2) is 4.99 Å². The molecule has 1 unspecified atom stereocenters. The first-order valence-corrected chi connectivity index (χ1v) is 5.64. The van der Waals surface area contributed by atoms with E-state index >= 15 is 0 Å². The predicted octanol–water partition coefficient (Wildman–Crippen LogP) is 1.86. The molecule has 1 aliphatic heterocycles. The van der Waals surface area contributed by atoms with Gasteiger partial charge in [0, 0.05) is 5.56 Å².